The Kier molecular flexibility index (Phi) is 3.60. The highest BCUT2D eigenvalue weighted by molar-refractivity contribution is 5.49. The quantitative estimate of drug-likeness (QED) is 0.867. The summed E-state index contributed by atoms with van der Waals surface area (Å²) in [4.78, 5) is 0. The molecule has 2 aromatic rings. The van der Waals surface area contributed by atoms with Gasteiger partial charge in [-0.15, -0.1) is 0 Å². The summed E-state index contributed by atoms with van der Waals surface area (Å²) in [5.41, 5.74) is 4.08. The molecule has 0 radical (unpaired) electrons. The molecule has 1 aromatic carbocycles. The van der Waals surface area contributed by atoms with Crippen molar-refractivity contribution in [2.75, 3.05) is 5.73 Å². The summed E-state index contributed by atoms with van der Waals surface area (Å²) in [6.45, 7) is 1.17. The van der Waals surface area contributed by atoms with E-state index in [1.807, 2.05) is 0 Å². The highest BCUT2D eigenvalue weighted by Gasteiger charge is 2.37. The standard InChI is InChI=1S/C13H10F4N4/c1-7-11(19)12(13(15,16)17)20-21(7)6-9-3-2-8(5-18)4-10(9)14/h2-4H,6,19H2,1H3. The van der Waals surface area contributed by atoms with Gasteiger partial charge in [-0.3, -0.25) is 4.68 Å². The Labute approximate surface area is 117 Å². The average Bonchev–Trinajstić information content (AvgIpc) is 2.69. The molecule has 0 fully saturated rings. The Morgan fingerprint density at radius 2 is 2.05 bits per heavy atom. The Morgan fingerprint density at radius 1 is 1.38 bits per heavy atom. The molecule has 0 aliphatic carbocycles. The maximum Gasteiger partial charge on any atom is 0.437 e. The minimum Gasteiger partial charge on any atom is -0.395 e. The van der Waals surface area contributed by atoms with E-state index in [2.05, 4.69) is 5.10 Å². The minimum absolute atomic E-state index is 0.103. The van der Waals surface area contributed by atoms with Crippen molar-refractivity contribution in [3.05, 3.63) is 46.5 Å². The Balaban J connectivity index is 2.39. The molecule has 1 heterocycles. The number of rotatable bonds is 2. The number of anilines is 1. The third-order valence-electron chi connectivity index (χ3n) is 3.02. The first-order chi connectivity index (χ1) is 9.74. The molecular weight excluding hydrogens is 288 g/mol. The van der Waals surface area contributed by atoms with Crippen molar-refractivity contribution in [3.63, 3.8) is 0 Å². The summed E-state index contributed by atoms with van der Waals surface area (Å²) in [5, 5.41) is 12.0. The topological polar surface area (TPSA) is 67.6 Å². The fourth-order valence-electron chi connectivity index (χ4n) is 1.83. The van der Waals surface area contributed by atoms with E-state index in [1.54, 1.807) is 6.07 Å². The molecule has 0 saturated heterocycles. The van der Waals surface area contributed by atoms with Crippen LogP contribution in [0, 0.1) is 24.1 Å². The lowest BCUT2D eigenvalue weighted by Crippen LogP contribution is -2.10. The van der Waals surface area contributed by atoms with Crippen molar-refractivity contribution < 1.29 is 17.6 Å². The first-order valence-electron chi connectivity index (χ1n) is 5.82. The summed E-state index contributed by atoms with van der Waals surface area (Å²) in [6, 6.07) is 5.50. The maximum atomic E-state index is 13.8. The van der Waals surface area contributed by atoms with Gasteiger partial charge in [0.1, 0.15) is 5.82 Å². The molecule has 0 aliphatic rings. The zero-order chi connectivity index (χ0) is 15.8. The SMILES string of the molecule is Cc1c(N)c(C(F)(F)F)nn1Cc1ccc(C#N)cc1F. The molecule has 0 saturated carbocycles. The van der Waals surface area contributed by atoms with Gasteiger partial charge >= 0.3 is 6.18 Å². The van der Waals surface area contributed by atoms with Crippen LogP contribution in [0.4, 0.5) is 23.2 Å². The van der Waals surface area contributed by atoms with Gasteiger partial charge in [0.2, 0.25) is 0 Å². The number of benzene rings is 1. The summed E-state index contributed by atoms with van der Waals surface area (Å²) < 4.78 is 52.8. The third-order valence-corrected chi connectivity index (χ3v) is 3.02. The van der Waals surface area contributed by atoms with Gasteiger partial charge in [0.25, 0.3) is 0 Å². The molecule has 2 rings (SSSR count). The monoisotopic (exact) mass is 298 g/mol. The van der Waals surface area contributed by atoms with Crippen molar-refractivity contribution in [2.45, 2.75) is 19.6 Å². The molecule has 0 aliphatic heterocycles. The number of hydrogen-bond donors (Lipinski definition) is 1. The van der Waals surface area contributed by atoms with Crippen LogP contribution in [0.5, 0.6) is 0 Å². The first-order valence-corrected chi connectivity index (χ1v) is 5.82. The molecular formula is C13H10F4N4. The Bertz CT molecular complexity index is 725. The second-order valence-corrected chi connectivity index (χ2v) is 4.42. The highest BCUT2D eigenvalue weighted by atomic mass is 19.4. The average molecular weight is 298 g/mol. The highest BCUT2D eigenvalue weighted by Crippen LogP contribution is 2.34. The van der Waals surface area contributed by atoms with Gasteiger partial charge in [0.15, 0.2) is 5.69 Å². The van der Waals surface area contributed by atoms with Crippen LogP contribution >= 0.6 is 0 Å². The van der Waals surface area contributed by atoms with E-state index in [9.17, 15) is 17.6 Å². The van der Waals surface area contributed by atoms with Crippen molar-refractivity contribution in [2.24, 2.45) is 0 Å². The number of nitrogens with zero attached hydrogens (tertiary/aromatic N) is 3. The number of nitrogen functional groups attached to an aromatic ring is 1. The molecule has 21 heavy (non-hydrogen) atoms. The van der Waals surface area contributed by atoms with Crippen molar-refractivity contribution in [3.8, 4) is 6.07 Å². The predicted molar refractivity (Wildman–Crippen MR) is 66.6 cm³/mol. The van der Waals surface area contributed by atoms with E-state index in [-0.39, 0.29) is 23.4 Å². The van der Waals surface area contributed by atoms with E-state index in [4.69, 9.17) is 11.0 Å². The lowest BCUT2D eigenvalue weighted by Gasteiger charge is -2.06. The fourth-order valence-corrected chi connectivity index (χ4v) is 1.83. The molecule has 0 amide bonds. The molecule has 0 atom stereocenters. The van der Waals surface area contributed by atoms with Gasteiger partial charge in [0, 0.05) is 5.56 Å². The summed E-state index contributed by atoms with van der Waals surface area (Å²) in [7, 11) is 0. The van der Waals surface area contributed by atoms with Gasteiger partial charge in [0.05, 0.1) is 29.6 Å². The number of nitrogens with two attached hydrogens (primary N) is 1. The van der Waals surface area contributed by atoms with Crippen molar-refractivity contribution in [1.82, 2.24) is 9.78 Å². The van der Waals surface area contributed by atoms with E-state index in [1.165, 1.54) is 19.1 Å². The summed E-state index contributed by atoms with van der Waals surface area (Å²) in [6.07, 6.45) is -4.66. The first kappa shape index (κ1) is 14.8. The van der Waals surface area contributed by atoms with Crippen molar-refractivity contribution in [1.29, 1.82) is 5.26 Å². The molecule has 2 N–H and O–H groups in total. The molecule has 1 aromatic heterocycles. The van der Waals surface area contributed by atoms with Crippen LogP contribution in [0.1, 0.15) is 22.5 Å². The van der Waals surface area contributed by atoms with Gasteiger partial charge in [-0.05, 0) is 19.1 Å². The third kappa shape index (κ3) is 2.81. The van der Waals surface area contributed by atoms with Crippen LogP contribution < -0.4 is 5.73 Å². The fraction of sp³-hybridized carbons (Fsp3) is 0.231. The smallest absolute Gasteiger partial charge is 0.395 e. The molecule has 8 heteroatoms. The van der Waals surface area contributed by atoms with Crippen LogP contribution in [0.3, 0.4) is 0 Å². The zero-order valence-corrected chi connectivity index (χ0v) is 10.9. The minimum atomic E-state index is -4.66. The number of halogens is 4. The lowest BCUT2D eigenvalue weighted by atomic mass is 10.1. The second kappa shape index (κ2) is 5.09. The second-order valence-electron chi connectivity index (χ2n) is 4.42. The molecule has 0 unspecified atom stereocenters. The lowest BCUT2D eigenvalue weighted by molar-refractivity contribution is -0.140. The van der Waals surface area contributed by atoms with Crippen LogP contribution in [0.25, 0.3) is 0 Å². The van der Waals surface area contributed by atoms with Crippen LogP contribution in [0.15, 0.2) is 18.2 Å². The predicted octanol–water partition coefficient (Wildman–Crippen LogP) is 2.85. The number of alkyl halides is 3. The largest absolute Gasteiger partial charge is 0.437 e. The maximum absolute atomic E-state index is 13.8. The Hall–Kier alpha value is -2.56. The number of hydrogen-bond acceptors (Lipinski definition) is 3. The molecule has 110 valence electrons. The van der Waals surface area contributed by atoms with Gasteiger partial charge in [-0.25, -0.2) is 4.39 Å². The van der Waals surface area contributed by atoms with Crippen molar-refractivity contribution >= 4 is 5.69 Å². The molecule has 0 spiro atoms. The van der Waals surface area contributed by atoms with Gasteiger partial charge in [-0.2, -0.15) is 23.5 Å². The summed E-state index contributed by atoms with van der Waals surface area (Å²) >= 11 is 0. The van der Waals surface area contributed by atoms with E-state index in [0.29, 0.717) is 0 Å². The van der Waals surface area contributed by atoms with Crippen LogP contribution in [0.2, 0.25) is 0 Å². The van der Waals surface area contributed by atoms with E-state index in [0.717, 1.165) is 10.7 Å². The molecule has 4 nitrogen and oxygen atoms in total. The Morgan fingerprint density at radius 3 is 2.52 bits per heavy atom. The van der Waals surface area contributed by atoms with Gasteiger partial charge in [-0.1, -0.05) is 6.07 Å². The summed E-state index contributed by atoms with van der Waals surface area (Å²) in [5.74, 6) is -0.684. The number of aromatic nitrogens is 2. The normalized spacial score (nSPS) is 11.4. The van der Waals surface area contributed by atoms with Gasteiger partial charge < -0.3 is 5.73 Å². The number of nitriles is 1. The van der Waals surface area contributed by atoms with E-state index < -0.39 is 23.4 Å². The zero-order valence-electron chi connectivity index (χ0n) is 10.9. The van der Waals surface area contributed by atoms with Crippen LogP contribution in [-0.2, 0) is 12.7 Å². The van der Waals surface area contributed by atoms with E-state index >= 15 is 0 Å². The molecule has 0 bridgehead atoms. The van der Waals surface area contributed by atoms with Crippen LogP contribution in [-0.4, -0.2) is 9.78 Å².